The van der Waals surface area contributed by atoms with Gasteiger partial charge in [0.25, 0.3) is 0 Å². The van der Waals surface area contributed by atoms with Crippen LogP contribution >= 0.6 is 0 Å². The van der Waals surface area contributed by atoms with E-state index >= 15 is 0 Å². The molecule has 0 fully saturated rings. The van der Waals surface area contributed by atoms with Gasteiger partial charge in [0.1, 0.15) is 0 Å². The van der Waals surface area contributed by atoms with Crippen LogP contribution in [0.1, 0.15) is 6.85 Å². The molecular weight excluding hydrogens is 508 g/mol. The van der Waals surface area contributed by atoms with Crippen molar-refractivity contribution in [2.24, 2.45) is 0 Å². The zero-order chi connectivity index (χ0) is 32.2. The first-order valence-corrected chi connectivity index (χ1v) is 13.8. The Balaban J connectivity index is 1.32. The highest BCUT2D eigenvalue weighted by Gasteiger charge is 2.14. The molecule has 2 heteroatoms. The maximum absolute atomic E-state index is 8.58. The Morgan fingerprint density at radius 2 is 1.02 bits per heavy atom. The number of hydrogen-bond acceptors (Lipinski definition) is 2. The normalized spacial score (nSPS) is 13.0. The number of fused-ring (bicyclic) bond motifs is 4. The molecule has 2 nitrogen and oxygen atoms in total. The van der Waals surface area contributed by atoms with Gasteiger partial charge in [-0.15, -0.1) is 0 Å². The fourth-order valence-electron chi connectivity index (χ4n) is 5.76. The molecule has 7 aromatic carbocycles. The van der Waals surface area contributed by atoms with Crippen molar-refractivity contribution in [2.45, 2.75) is 0 Å². The lowest BCUT2D eigenvalue weighted by atomic mass is 9.89. The molecule has 0 aliphatic heterocycles. The van der Waals surface area contributed by atoms with Crippen molar-refractivity contribution in [1.82, 2.24) is 9.97 Å². The molecule has 0 unspecified atom stereocenters. The van der Waals surface area contributed by atoms with Crippen LogP contribution in [-0.4, -0.2) is 9.97 Å². The summed E-state index contributed by atoms with van der Waals surface area (Å²) >= 11 is 0. The summed E-state index contributed by atoms with van der Waals surface area (Å²) in [7, 11) is 0. The fraction of sp³-hybridized carbons (Fsp3) is 0. The van der Waals surface area contributed by atoms with Crippen LogP contribution in [-0.2, 0) is 0 Å². The first kappa shape index (κ1) is 19.5. The van der Waals surface area contributed by atoms with Crippen LogP contribution < -0.4 is 0 Å². The lowest BCUT2D eigenvalue weighted by molar-refractivity contribution is 1.18. The number of rotatable bonds is 4. The molecule has 42 heavy (non-hydrogen) atoms. The van der Waals surface area contributed by atoms with Gasteiger partial charge in [-0.25, -0.2) is 9.97 Å². The first-order chi connectivity index (χ1) is 22.9. The molecule has 0 saturated heterocycles. The summed E-state index contributed by atoms with van der Waals surface area (Å²) in [5, 5.41) is 7.12. The van der Waals surface area contributed by atoms with Crippen molar-refractivity contribution in [3.8, 4) is 45.0 Å². The Morgan fingerprint density at radius 1 is 0.405 bits per heavy atom. The molecule has 0 N–H and O–H groups in total. The standard InChI is InChI=1S/C40H26N2/c1-3-12-28(13-4-1)37-26-38(42-40(41-37)31-14-5-2-6-15-31)29-19-21-30(22-20-29)39-34-18-10-8-16-32(34)25-36-33-17-9-7-11-27(33)23-24-35(36)39/h1-26H/i2D,5D,6D,14D,15D. The number of aromatic nitrogens is 2. The number of benzene rings is 7. The van der Waals surface area contributed by atoms with Crippen LogP contribution in [0.25, 0.3) is 77.3 Å². The van der Waals surface area contributed by atoms with Gasteiger partial charge in [-0.2, -0.15) is 0 Å². The van der Waals surface area contributed by atoms with Crippen LogP contribution in [0.3, 0.4) is 0 Å². The quantitative estimate of drug-likeness (QED) is 0.164. The van der Waals surface area contributed by atoms with Crippen LogP contribution in [0.5, 0.6) is 0 Å². The van der Waals surface area contributed by atoms with E-state index in [0.29, 0.717) is 11.4 Å². The molecule has 0 spiro atoms. The zero-order valence-corrected chi connectivity index (χ0v) is 22.5. The van der Waals surface area contributed by atoms with E-state index in [2.05, 4.69) is 78.9 Å². The van der Waals surface area contributed by atoms with Crippen molar-refractivity contribution in [2.75, 3.05) is 0 Å². The van der Waals surface area contributed by atoms with E-state index in [1.165, 1.54) is 32.3 Å². The van der Waals surface area contributed by atoms with Gasteiger partial charge in [0.15, 0.2) is 5.82 Å². The number of hydrogen-bond donors (Lipinski definition) is 0. The van der Waals surface area contributed by atoms with Gasteiger partial charge in [0.05, 0.1) is 18.2 Å². The lowest BCUT2D eigenvalue weighted by Gasteiger charge is -2.15. The highest BCUT2D eigenvalue weighted by atomic mass is 14.9. The Morgan fingerprint density at radius 3 is 1.79 bits per heavy atom. The number of nitrogens with zero attached hydrogens (tertiary/aromatic N) is 2. The molecule has 196 valence electrons. The van der Waals surface area contributed by atoms with E-state index in [9.17, 15) is 0 Å². The van der Waals surface area contributed by atoms with E-state index in [4.69, 9.17) is 16.8 Å². The van der Waals surface area contributed by atoms with Gasteiger partial charge in [0.2, 0.25) is 0 Å². The monoisotopic (exact) mass is 539 g/mol. The zero-order valence-electron chi connectivity index (χ0n) is 27.5. The molecule has 0 bridgehead atoms. The average molecular weight is 540 g/mol. The topological polar surface area (TPSA) is 25.8 Å². The van der Waals surface area contributed by atoms with Gasteiger partial charge >= 0.3 is 0 Å². The Kier molecular flexibility index (Phi) is 4.68. The molecule has 1 heterocycles. The van der Waals surface area contributed by atoms with Crippen LogP contribution in [0.4, 0.5) is 0 Å². The van der Waals surface area contributed by atoms with Crippen LogP contribution in [0, 0.1) is 0 Å². The smallest absolute Gasteiger partial charge is 0.160 e. The van der Waals surface area contributed by atoms with Gasteiger partial charge in [-0.1, -0.05) is 145 Å². The van der Waals surface area contributed by atoms with E-state index in [1.807, 2.05) is 48.5 Å². The lowest BCUT2D eigenvalue weighted by Crippen LogP contribution is -1.96. The molecule has 8 rings (SSSR count). The summed E-state index contributed by atoms with van der Waals surface area (Å²) in [6, 6.07) is 41.3. The minimum Gasteiger partial charge on any atom is -0.228 e. The van der Waals surface area contributed by atoms with Crippen molar-refractivity contribution >= 4 is 32.3 Å². The van der Waals surface area contributed by atoms with Crippen molar-refractivity contribution in [3.05, 3.63) is 158 Å². The molecule has 0 aliphatic rings. The van der Waals surface area contributed by atoms with E-state index < -0.39 is 18.1 Å². The second-order valence-electron chi connectivity index (χ2n) is 10.3. The summed E-state index contributed by atoms with van der Waals surface area (Å²) in [6.07, 6.45) is 0. The highest BCUT2D eigenvalue weighted by Crippen LogP contribution is 2.40. The van der Waals surface area contributed by atoms with Crippen molar-refractivity contribution < 1.29 is 6.85 Å². The summed E-state index contributed by atoms with van der Waals surface area (Å²) in [4.78, 5) is 9.50. The highest BCUT2D eigenvalue weighted by molar-refractivity contribution is 6.20. The predicted molar refractivity (Wildman–Crippen MR) is 176 cm³/mol. The maximum atomic E-state index is 8.58. The largest absolute Gasteiger partial charge is 0.228 e. The van der Waals surface area contributed by atoms with Gasteiger partial charge in [0, 0.05) is 16.7 Å². The minimum absolute atomic E-state index is 0.0268. The van der Waals surface area contributed by atoms with Crippen LogP contribution in [0.15, 0.2) is 158 Å². The Bertz CT molecular complexity index is 2480. The van der Waals surface area contributed by atoms with E-state index in [-0.39, 0.29) is 23.5 Å². The Labute approximate surface area is 251 Å². The van der Waals surface area contributed by atoms with Crippen LogP contribution in [0.2, 0.25) is 0 Å². The van der Waals surface area contributed by atoms with E-state index in [1.54, 1.807) is 0 Å². The van der Waals surface area contributed by atoms with E-state index in [0.717, 1.165) is 22.3 Å². The van der Waals surface area contributed by atoms with Gasteiger partial charge in [-0.05, 0) is 55.6 Å². The molecule has 8 aromatic rings. The average Bonchev–Trinajstić information content (AvgIpc) is 3.12. The maximum Gasteiger partial charge on any atom is 0.160 e. The molecule has 0 atom stereocenters. The molecule has 0 amide bonds. The fourth-order valence-corrected chi connectivity index (χ4v) is 5.76. The summed E-state index contributed by atoms with van der Waals surface area (Å²) in [5.41, 5.74) is 5.01. The second-order valence-corrected chi connectivity index (χ2v) is 10.3. The Hall–Kier alpha value is -5.60. The van der Waals surface area contributed by atoms with Crippen molar-refractivity contribution in [1.29, 1.82) is 0 Å². The minimum atomic E-state index is -0.451. The molecule has 0 aliphatic carbocycles. The second kappa shape index (κ2) is 10.1. The van der Waals surface area contributed by atoms with Gasteiger partial charge in [-0.3, -0.25) is 0 Å². The van der Waals surface area contributed by atoms with Gasteiger partial charge < -0.3 is 0 Å². The summed E-state index contributed by atoms with van der Waals surface area (Å²) < 4.78 is 41.6. The third-order valence-electron chi connectivity index (χ3n) is 7.76. The molecule has 0 saturated carbocycles. The third-order valence-corrected chi connectivity index (χ3v) is 7.76. The summed E-state index contributed by atoms with van der Waals surface area (Å²) in [6.45, 7) is 0. The third kappa shape index (κ3) is 4.22. The predicted octanol–water partition coefficient (Wildman–Crippen LogP) is 10.6. The SMILES string of the molecule is [2H]c1c([2H])c([2H])c(-c2nc(-c3ccccc3)cc(-c3ccc(-c4c5ccccc5cc5c4ccc4ccccc45)cc3)n2)c([2H])c1[2H]. The molecule has 1 aromatic heterocycles. The van der Waals surface area contributed by atoms with Crippen molar-refractivity contribution in [3.63, 3.8) is 0 Å². The molecule has 0 radical (unpaired) electrons. The molecular formula is C40H26N2. The summed E-state index contributed by atoms with van der Waals surface area (Å²) in [5.74, 6) is 0.0781. The first-order valence-electron chi connectivity index (χ1n) is 16.3.